The second kappa shape index (κ2) is 5.92. The molecule has 3 rings (SSSR count). The van der Waals surface area contributed by atoms with Crippen LogP contribution >= 0.6 is 11.8 Å². The molecule has 0 amide bonds. The Kier molecular flexibility index (Phi) is 3.95. The third kappa shape index (κ3) is 3.00. The molecule has 120 valence electrons. The first-order valence-corrected chi connectivity index (χ1v) is 7.96. The molecule has 1 aliphatic rings. The lowest BCUT2D eigenvalue weighted by Gasteiger charge is -2.10. The maximum atomic E-state index is 12.3. The normalized spacial score (nSPS) is 13.9. The fraction of sp³-hybridized carbons (Fsp3) is 0.286. The number of nitrogen functional groups attached to an aromatic ring is 1. The average Bonchev–Trinajstić information content (AvgIpc) is 3.30. The smallest absolute Gasteiger partial charge is 0.330 e. The van der Waals surface area contributed by atoms with Gasteiger partial charge in [-0.25, -0.2) is 4.79 Å². The van der Waals surface area contributed by atoms with E-state index in [0.29, 0.717) is 9.76 Å². The van der Waals surface area contributed by atoms with E-state index < -0.39 is 17.0 Å². The monoisotopic (exact) mass is 334 g/mol. The highest BCUT2D eigenvalue weighted by molar-refractivity contribution is 7.99. The summed E-state index contributed by atoms with van der Waals surface area (Å²) in [5, 5.41) is 11.9. The number of ketones is 1. The standard InChI is InChI=1S/C14H14N4O4S/c15-12-11(13(20)16-14(21)18(12)8-4-5-8)9(19)7-23-10-3-1-2-6-17(10)22/h1-3,6,8H,4-5,7,15H2,(H,16,20,21). The number of thioether (sulfide) groups is 1. The van der Waals surface area contributed by atoms with Crippen LogP contribution in [-0.4, -0.2) is 21.1 Å². The van der Waals surface area contributed by atoms with Gasteiger partial charge in [-0.2, -0.15) is 4.73 Å². The summed E-state index contributed by atoms with van der Waals surface area (Å²) >= 11 is 1.01. The zero-order chi connectivity index (χ0) is 16.6. The van der Waals surface area contributed by atoms with Crippen LogP contribution < -0.4 is 21.7 Å². The molecule has 2 heterocycles. The van der Waals surface area contributed by atoms with Crippen LogP contribution in [0.3, 0.4) is 0 Å². The largest absolute Gasteiger partial charge is 0.618 e. The summed E-state index contributed by atoms with van der Waals surface area (Å²) in [4.78, 5) is 38.2. The number of H-pyrrole nitrogens is 1. The highest BCUT2D eigenvalue weighted by atomic mass is 32.2. The lowest BCUT2D eigenvalue weighted by atomic mass is 10.2. The van der Waals surface area contributed by atoms with Crippen molar-refractivity contribution in [3.05, 3.63) is 56.0 Å². The summed E-state index contributed by atoms with van der Waals surface area (Å²) in [5.74, 6) is -0.746. The molecular weight excluding hydrogens is 320 g/mol. The van der Waals surface area contributed by atoms with Crippen molar-refractivity contribution in [1.82, 2.24) is 9.55 Å². The number of hydrogen-bond donors (Lipinski definition) is 2. The minimum absolute atomic E-state index is 0.0588. The second-order valence-corrected chi connectivity index (χ2v) is 6.19. The molecule has 0 radical (unpaired) electrons. The van der Waals surface area contributed by atoms with Crippen molar-refractivity contribution in [3.63, 3.8) is 0 Å². The highest BCUT2D eigenvalue weighted by Crippen LogP contribution is 2.35. The van der Waals surface area contributed by atoms with Crippen LogP contribution in [0.1, 0.15) is 29.2 Å². The number of nitrogens with zero attached hydrogens (tertiary/aromatic N) is 2. The zero-order valence-corrected chi connectivity index (χ0v) is 12.8. The van der Waals surface area contributed by atoms with Crippen LogP contribution in [0.2, 0.25) is 0 Å². The fourth-order valence-corrected chi connectivity index (χ4v) is 3.05. The van der Waals surface area contributed by atoms with Gasteiger partial charge >= 0.3 is 5.69 Å². The van der Waals surface area contributed by atoms with Gasteiger partial charge in [-0.3, -0.25) is 19.1 Å². The molecule has 0 atom stereocenters. The van der Waals surface area contributed by atoms with Crippen LogP contribution in [0.4, 0.5) is 5.82 Å². The number of carbonyl (C=O) groups excluding carboxylic acids is 1. The van der Waals surface area contributed by atoms with Crippen molar-refractivity contribution in [2.24, 2.45) is 0 Å². The van der Waals surface area contributed by atoms with Crippen LogP contribution in [0.5, 0.6) is 0 Å². The molecule has 0 aliphatic heterocycles. The van der Waals surface area contributed by atoms with Crippen molar-refractivity contribution in [2.75, 3.05) is 11.5 Å². The topological polar surface area (TPSA) is 125 Å². The molecular formula is C14H14N4O4S. The van der Waals surface area contributed by atoms with Gasteiger partial charge in [-0.15, -0.1) is 0 Å². The number of nitrogens with two attached hydrogens (primary N) is 1. The van der Waals surface area contributed by atoms with E-state index in [1.54, 1.807) is 18.2 Å². The molecule has 23 heavy (non-hydrogen) atoms. The average molecular weight is 334 g/mol. The SMILES string of the molecule is Nc1c(C(=O)CSc2cccc[n+]2[O-])c(=O)[nH]c(=O)n1C1CC1. The third-order valence-electron chi connectivity index (χ3n) is 3.51. The Bertz CT molecular complexity index is 885. The molecule has 1 fully saturated rings. The van der Waals surface area contributed by atoms with Gasteiger partial charge in [-0.05, 0) is 30.7 Å². The Morgan fingerprint density at radius 1 is 1.43 bits per heavy atom. The van der Waals surface area contributed by atoms with Gasteiger partial charge in [0, 0.05) is 18.2 Å². The lowest BCUT2D eigenvalue weighted by Crippen LogP contribution is -2.36. The number of aromatic amines is 1. The fourth-order valence-electron chi connectivity index (χ4n) is 2.27. The van der Waals surface area contributed by atoms with E-state index in [1.165, 1.54) is 10.8 Å². The number of rotatable bonds is 5. The first-order valence-electron chi connectivity index (χ1n) is 6.97. The summed E-state index contributed by atoms with van der Waals surface area (Å²) in [7, 11) is 0. The van der Waals surface area contributed by atoms with Crippen molar-refractivity contribution in [3.8, 4) is 0 Å². The molecule has 0 saturated heterocycles. The Labute approximate surface area is 134 Å². The molecule has 0 aromatic carbocycles. The molecule has 0 unspecified atom stereocenters. The number of carbonyl (C=O) groups is 1. The van der Waals surface area contributed by atoms with E-state index in [4.69, 9.17) is 5.73 Å². The van der Waals surface area contributed by atoms with Gasteiger partial charge in [-0.1, -0.05) is 0 Å². The van der Waals surface area contributed by atoms with Gasteiger partial charge in [0.2, 0.25) is 0 Å². The number of aromatic nitrogens is 3. The number of pyridine rings is 1. The first-order chi connectivity index (χ1) is 11.0. The summed E-state index contributed by atoms with van der Waals surface area (Å²) in [6.45, 7) is 0. The number of nitrogens with one attached hydrogen (secondary N) is 1. The summed E-state index contributed by atoms with van der Waals surface area (Å²) < 4.78 is 1.90. The van der Waals surface area contributed by atoms with Gasteiger partial charge in [0.05, 0.1) is 5.75 Å². The Balaban J connectivity index is 1.88. The molecule has 3 N–H and O–H groups in total. The summed E-state index contributed by atoms with van der Waals surface area (Å²) in [5.41, 5.74) is 4.26. The second-order valence-electron chi connectivity index (χ2n) is 5.20. The van der Waals surface area contributed by atoms with E-state index in [9.17, 15) is 19.6 Å². The molecule has 0 bridgehead atoms. The third-order valence-corrected chi connectivity index (χ3v) is 4.53. The molecule has 2 aromatic heterocycles. The maximum Gasteiger partial charge on any atom is 0.330 e. The van der Waals surface area contributed by atoms with Crippen molar-refractivity contribution in [2.45, 2.75) is 23.9 Å². The van der Waals surface area contributed by atoms with Gasteiger partial charge in [0.25, 0.3) is 10.6 Å². The van der Waals surface area contributed by atoms with Crippen LogP contribution in [0.25, 0.3) is 0 Å². The van der Waals surface area contributed by atoms with E-state index in [1.807, 2.05) is 0 Å². The number of Topliss-reactive ketones (excluding diaryl/α,β-unsaturated/α-hetero) is 1. The first kappa shape index (κ1) is 15.3. The van der Waals surface area contributed by atoms with E-state index in [0.717, 1.165) is 24.6 Å². The highest BCUT2D eigenvalue weighted by Gasteiger charge is 2.30. The predicted octanol–water partition coefficient (Wildman–Crippen LogP) is 0.0621. The van der Waals surface area contributed by atoms with E-state index >= 15 is 0 Å². The van der Waals surface area contributed by atoms with Gasteiger partial charge in [0.15, 0.2) is 12.0 Å². The summed E-state index contributed by atoms with van der Waals surface area (Å²) in [6, 6.07) is 4.77. The van der Waals surface area contributed by atoms with Gasteiger partial charge < -0.3 is 10.9 Å². The molecule has 0 spiro atoms. The molecule has 9 heteroatoms. The van der Waals surface area contributed by atoms with Gasteiger partial charge in [0.1, 0.15) is 11.4 Å². The zero-order valence-electron chi connectivity index (χ0n) is 12.0. The molecule has 2 aromatic rings. The summed E-state index contributed by atoms with van der Waals surface area (Å²) in [6.07, 6.45) is 2.90. The Morgan fingerprint density at radius 2 is 2.17 bits per heavy atom. The van der Waals surface area contributed by atoms with Crippen LogP contribution in [0.15, 0.2) is 39.0 Å². The molecule has 1 aliphatic carbocycles. The predicted molar refractivity (Wildman–Crippen MR) is 84.5 cm³/mol. The van der Waals surface area contributed by atoms with Crippen molar-refractivity contribution >= 4 is 23.4 Å². The minimum Gasteiger partial charge on any atom is -0.618 e. The molecule has 1 saturated carbocycles. The number of anilines is 1. The maximum absolute atomic E-state index is 12.3. The van der Waals surface area contributed by atoms with E-state index in [2.05, 4.69) is 4.98 Å². The Hall–Kier alpha value is -2.55. The van der Waals surface area contributed by atoms with Crippen LogP contribution in [0, 0.1) is 5.21 Å². The van der Waals surface area contributed by atoms with E-state index in [-0.39, 0.29) is 23.2 Å². The Morgan fingerprint density at radius 3 is 2.83 bits per heavy atom. The lowest BCUT2D eigenvalue weighted by molar-refractivity contribution is -0.645. The van der Waals surface area contributed by atoms with Crippen LogP contribution in [-0.2, 0) is 0 Å². The van der Waals surface area contributed by atoms with Crippen molar-refractivity contribution in [1.29, 1.82) is 0 Å². The van der Waals surface area contributed by atoms with Crippen molar-refractivity contribution < 1.29 is 9.52 Å². The number of hydrogen-bond acceptors (Lipinski definition) is 6. The quantitative estimate of drug-likeness (QED) is 0.345. The minimum atomic E-state index is -0.793. The molecule has 8 nitrogen and oxygen atoms in total.